The first-order valence-corrected chi connectivity index (χ1v) is 17.6. The summed E-state index contributed by atoms with van der Waals surface area (Å²) in [6, 6.07) is 16.8. The lowest BCUT2D eigenvalue weighted by molar-refractivity contribution is -0.125. The lowest BCUT2D eigenvalue weighted by atomic mass is 9.91. The molecule has 2 fully saturated rings. The molecule has 7 rings (SSSR count). The SMILES string of the molecule is C[C@@]1(Cc2ccc(C#N)cc2)C(=O)N(c2cc(Cl)cc(Cl)c2)c2ncc(C(=O)NC3(C(=O)NC4(c5ccc(C(=O)NCC(O)CO)cn5)CC4)CC3)n21. The van der Waals surface area contributed by atoms with Crippen molar-refractivity contribution in [2.24, 2.45) is 0 Å². The maximum absolute atomic E-state index is 14.4. The molecule has 5 N–H and O–H groups in total. The number of pyridine rings is 1. The first kappa shape index (κ1) is 36.0. The fourth-order valence-corrected chi connectivity index (χ4v) is 7.15. The Morgan fingerprint density at radius 3 is 2.25 bits per heavy atom. The highest BCUT2D eigenvalue weighted by molar-refractivity contribution is 6.35. The lowest BCUT2D eigenvalue weighted by Gasteiger charge is -2.27. The summed E-state index contributed by atoms with van der Waals surface area (Å²) in [5.41, 5.74) is -0.859. The molecule has 3 aliphatic rings. The molecule has 0 saturated heterocycles. The minimum atomic E-state index is -1.36. The highest BCUT2D eigenvalue weighted by Crippen LogP contribution is 2.47. The van der Waals surface area contributed by atoms with Gasteiger partial charge in [-0.05, 0) is 80.6 Å². The second-order valence-corrected chi connectivity index (χ2v) is 14.7. The van der Waals surface area contributed by atoms with Crippen LogP contribution in [0.15, 0.2) is 67.0 Å². The maximum atomic E-state index is 14.4. The Labute approximate surface area is 313 Å². The van der Waals surface area contributed by atoms with Gasteiger partial charge in [0, 0.05) is 29.2 Å². The molecule has 4 aromatic rings. The number of nitriles is 1. The van der Waals surface area contributed by atoms with Crippen molar-refractivity contribution in [3.05, 3.63) is 105 Å². The molecular formula is C37H34Cl2N8O6. The number of rotatable bonds is 12. The van der Waals surface area contributed by atoms with Crippen molar-refractivity contribution in [1.82, 2.24) is 30.5 Å². The number of aliphatic hydroxyl groups is 2. The molecule has 16 heteroatoms. The van der Waals surface area contributed by atoms with E-state index in [1.807, 2.05) is 0 Å². The van der Waals surface area contributed by atoms with Gasteiger partial charge in [0.1, 0.15) is 16.8 Å². The number of aliphatic hydroxyl groups excluding tert-OH is 2. The summed E-state index contributed by atoms with van der Waals surface area (Å²) in [6.45, 7) is 1.11. The first-order valence-electron chi connectivity index (χ1n) is 16.9. The Kier molecular flexibility index (Phi) is 9.23. The normalized spacial score (nSPS) is 19.5. The molecule has 0 spiro atoms. The largest absolute Gasteiger partial charge is 0.394 e. The molecule has 2 saturated carbocycles. The van der Waals surface area contributed by atoms with Crippen molar-refractivity contribution in [3.63, 3.8) is 0 Å². The van der Waals surface area contributed by atoms with E-state index in [-0.39, 0.29) is 42.0 Å². The second kappa shape index (κ2) is 13.6. The summed E-state index contributed by atoms with van der Waals surface area (Å²) in [4.78, 5) is 65.1. The number of hydrogen-bond acceptors (Lipinski definition) is 9. The van der Waals surface area contributed by atoms with E-state index >= 15 is 0 Å². The van der Waals surface area contributed by atoms with Crippen LogP contribution in [0.2, 0.25) is 10.0 Å². The molecule has 2 aromatic carbocycles. The smallest absolute Gasteiger partial charge is 0.270 e. The fourth-order valence-electron chi connectivity index (χ4n) is 6.63. The zero-order valence-corrected chi connectivity index (χ0v) is 29.9. The van der Waals surface area contributed by atoms with Gasteiger partial charge in [-0.15, -0.1) is 0 Å². The number of carbonyl (C=O) groups is 4. The molecule has 1 unspecified atom stereocenters. The lowest BCUT2D eigenvalue weighted by Crippen LogP contribution is -2.52. The van der Waals surface area contributed by atoms with E-state index < -0.39 is 41.1 Å². The molecule has 2 atom stereocenters. The number of carbonyl (C=O) groups excluding carboxylic acids is 4. The van der Waals surface area contributed by atoms with Crippen molar-refractivity contribution in [3.8, 4) is 6.07 Å². The van der Waals surface area contributed by atoms with Crippen LogP contribution in [0.1, 0.15) is 70.3 Å². The number of benzene rings is 2. The number of nitrogens with zero attached hydrogens (tertiary/aromatic N) is 5. The predicted molar refractivity (Wildman–Crippen MR) is 192 cm³/mol. The number of amides is 4. The third kappa shape index (κ3) is 6.73. The molecule has 2 aliphatic carbocycles. The van der Waals surface area contributed by atoms with Gasteiger partial charge in [0.25, 0.3) is 17.7 Å². The standard InChI is InChI=1S/C37H34Cl2N8O6/c1-35(15-21-2-4-22(16-40)5-3-21)33(53)46(26-13-24(38)12-25(39)14-26)34-43-19-28(47(34)35)31(51)44-37(10-11-37)32(52)45-36(8-9-36)29-7-6-23(17-41-29)30(50)42-18-27(49)20-48/h2-7,12-14,17,19,27,48-49H,8-11,15,18,20H2,1H3,(H,42,50)(H,44,51)(H,45,52)/t27?,35-/m1/s1. The Bertz CT molecular complexity index is 2160. The quantitative estimate of drug-likeness (QED) is 0.144. The molecule has 14 nitrogen and oxygen atoms in total. The number of nitrogens with one attached hydrogen (secondary N) is 3. The molecule has 0 bridgehead atoms. The Morgan fingerprint density at radius 1 is 0.962 bits per heavy atom. The zero-order chi connectivity index (χ0) is 37.7. The Morgan fingerprint density at radius 2 is 1.66 bits per heavy atom. The summed E-state index contributed by atoms with van der Waals surface area (Å²) in [5.74, 6) is -1.64. The van der Waals surface area contributed by atoms with Crippen molar-refractivity contribution in [2.45, 2.75) is 61.7 Å². The van der Waals surface area contributed by atoms with Crippen molar-refractivity contribution in [2.75, 3.05) is 18.1 Å². The number of anilines is 2. The van der Waals surface area contributed by atoms with Gasteiger partial charge in [-0.3, -0.25) is 28.7 Å². The van der Waals surface area contributed by atoms with Crippen molar-refractivity contribution in [1.29, 1.82) is 5.26 Å². The summed E-state index contributed by atoms with van der Waals surface area (Å²) in [6.07, 6.45) is 3.83. The number of aromatic nitrogens is 3. The molecule has 4 amide bonds. The van der Waals surface area contributed by atoms with Crippen LogP contribution >= 0.6 is 23.2 Å². The van der Waals surface area contributed by atoms with Crippen LogP contribution in [0.4, 0.5) is 11.6 Å². The van der Waals surface area contributed by atoms with Gasteiger partial charge in [0.2, 0.25) is 11.9 Å². The van der Waals surface area contributed by atoms with Gasteiger partial charge in [-0.1, -0.05) is 35.3 Å². The fraction of sp³-hybridized carbons (Fsp3) is 0.324. The van der Waals surface area contributed by atoms with Gasteiger partial charge >= 0.3 is 0 Å². The van der Waals surface area contributed by atoms with E-state index in [9.17, 15) is 29.5 Å². The average molecular weight is 758 g/mol. The minimum Gasteiger partial charge on any atom is -0.394 e. The molecule has 3 heterocycles. The summed E-state index contributed by atoms with van der Waals surface area (Å²) >= 11 is 12.6. The highest BCUT2D eigenvalue weighted by Gasteiger charge is 2.57. The van der Waals surface area contributed by atoms with Crippen LogP contribution in [0.5, 0.6) is 0 Å². The van der Waals surface area contributed by atoms with E-state index in [2.05, 4.69) is 32.0 Å². The van der Waals surface area contributed by atoms with Crippen LogP contribution in [0.3, 0.4) is 0 Å². The molecule has 1 aliphatic heterocycles. The summed E-state index contributed by atoms with van der Waals surface area (Å²) < 4.78 is 1.57. The second-order valence-electron chi connectivity index (χ2n) is 13.9. The third-order valence-electron chi connectivity index (χ3n) is 9.94. The number of fused-ring (bicyclic) bond motifs is 1. The highest BCUT2D eigenvalue weighted by atomic mass is 35.5. The Hall–Kier alpha value is -5.33. The number of imidazole rings is 1. The van der Waals surface area contributed by atoms with E-state index in [0.29, 0.717) is 52.7 Å². The van der Waals surface area contributed by atoms with Crippen molar-refractivity contribution < 1.29 is 29.4 Å². The zero-order valence-electron chi connectivity index (χ0n) is 28.4. The maximum Gasteiger partial charge on any atom is 0.270 e. The van der Waals surface area contributed by atoms with E-state index in [4.69, 9.17) is 28.3 Å². The number of halogens is 2. The summed E-state index contributed by atoms with van der Waals surface area (Å²) in [5, 5.41) is 36.9. The van der Waals surface area contributed by atoms with E-state index in [1.165, 1.54) is 17.3 Å². The van der Waals surface area contributed by atoms with Gasteiger partial charge in [-0.2, -0.15) is 5.26 Å². The average Bonchev–Trinajstić information content (AvgIpc) is 4.05. The van der Waals surface area contributed by atoms with Crippen molar-refractivity contribution >= 4 is 58.5 Å². The minimum absolute atomic E-state index is 0.0716. The molecule has 53 heavy (non-hydrogen) atoms. The van der Waals surface area contributed by atoms with E-state index in [1.54, 1.807) is 66.1 Å². The van der Waals surface area contributed by atoms with Gasteiger partial charge in [0.05, 0.1) is 53.0 Å². The topological polar surface area (TPSA) is 203 Å². The van der Waals surface area contributed by atoms with Crippen LogP contribution in [-0.4, -0.2) is 73.2 Å². The van der Waals surface area contributed by atoms with Crippen LogP contribution in [0, 0.1) is 11.3 Å². The van der Waals surface area contributed by atoms with Gasteiger partial charge in [-0.25, -0.2) is 9.88 Å². The van der Waals surface area contributed by atoms with Crippen LogP contribution < -0.4 is 20.9 Å². The van der Waals surface area contributed by atoms with Crippen LogP contribution in [-0.2, 0) is 27.1 Å². The molecule has 0 radical (unpaired) electrons. The predicted octanol–water partition coefficient (Wildman–Crippen LogP) is 3.24. The van der Waals surface area contributed by atoms with Crippen LogP contribution in [0.25, 0.3) is 0 Å². The molecule has 272 valence electrons. The monoisotopic (exact) mass is 756 g/mol. The Balaban J connectivity index is 1.12. The van der Waals surface area contributed by atoms with Gasteiger partial charge < -0.3 is 26.2 Å². The van der Waals surface area contributed by atoms with Gasteiger partial charge in [0.15, 0.2) is 0 Å². The molecule has 2 aromatic heterocycles. The third-order valence-corrected chi connectivity index (χ3v) is 10.4. The molecular weight excluding hydrogens is 723 g/mol. The summed E-state index contributed by atoms with van der Waals surface area (Å²) in [7, 11) is 0. The van der Waals surface area contributed by atoms with E-state index in [0.717, 1.165) is 5.56 Å². The number of hydrogen-bond donors (Lipinski definition) is 5. The first-order chi connectivity index (χ1) is 25.3.